The van der Waals surface area contributed by atoms with Crippen LogP contribution in [-0.4, -0.2) is 14.3 Å². The smallest absolute Gasteiger partial charge is 0.324 e. The first-order chi connectivity index (χ1) is 6.80. The van der Waals surface area contributed by atoms with Crippen molar-refractivity contribution in [3.63, 3.8) is 0 Å². The van der Waals surface area contributed by atoms with E-state index in [1.807, 2.05) is 5.32 Å². The molecule has 0 fully saturated rings. The lowest BCUT2D eigenvalue weighted by atomic mass is 10.3. The Hall–Kier alpha value is -1.50. The van der Waals surface area contributed by atoms with Crippen LogP contribution in [-0.2, 0) is 15.0 Å². The standard InChI is InChI=1S/C8H7F2NO3S/c1-5(12)11-8-4-6(15(10,13)14)2-3-7(8)9/h2-4H,1H3,(H,11,12). The van der Waals surface area contributed by atoms with Crippen LogP contribution in [0.3, 0.4) is 0 Å². The van der Waals surface area contributed by atoms with Crippen LogP contribution in [0.1, 0.15) is 6.92 Å². The number of rotatable bonds is 2. The van der Waals surface area contributed by atoms with Gasteiger partial charge in [0.25, 0.3) is 0 Å². The normalized spacial score (nSPS) is 11.1. The Bertz CT molecular complexity index is 499. The summed E-state index contributed by atoms with van der Waals surface area (Å²) >= 11 is 0. The monoisotopic (exact) mass is 235 g/mol. The lowest BCUT2D eigenvalue weighted by Crippen LogP contribution is -2.08. The zero-order chi connectivity index (χ0) is 11.6. The van der Waals surface area contributed by atoms with Crippen molar-refractivity contribution in [2.24, 2.45) is 0 Å². The minimum absolute atomic E-state index is 0.374. The van der Waals surface area contributed by atoms with E-state index in [0.29, 0.717) is 6.07 Å². The van der Waals surface area contributed by atoms with Gasteiger partial charge in [-0.2, -0.15) is 8.42 Å². The fourth-order valence-corrected chi connectivity index (χ4v) is 1.43. The van der Waals surface area contributed by atoms with Crippen LogP contribution >= 0.6 is 0 Å². The molecule has 0 aromatic heterocycles. The number of hydrogen-bond donors (Lipinski definition) is 1. The van der Waals surface area contributed by atoms with Gasteiger partial charge in [-0.05, 0) is 18.2 Å². The molecule has 15 heavy (non-hydrogen) atoms. The van der Waals surface area contributed by atoms with Crippen LogP contribution < -0.4 is 5.32 Å². The molecule has 4 nitrogen and oxygen atoms in total. The molecular formula is C8H7F2NO3S. The maximum absolute atomic E-state index is 13.0. The number of benzene rings is 1. The average molecular weight is 235 g/mol. The molecule has 0 saturated heterocycles. The largest absolute Gasteiger partial charge is 0.332 e. The lowest BCUT2D eigenvalue weighted by Gasteiger charge is -2.04. The van der Waals surface area contributed by atoms with Crippen LogP contribution in [0.4, 0.5) is 14.0 Å². The molecule has 82 valence electrons. The maximum atomic E-state index is 13.0. The minimum Gasteiger partial charge on any atom is -0.324 e. The van der Waals surface area contributed by atoms with E-state index >= 15 is 0 Å². The second-order valence-electron chi connectivity index (χ2n) is 2.76. The summed E-state index contributed by atoms with van der Waals surface area (Å²) < 4.78 is 46.5. The molecule has 0 atom stereocenters. The SMILES string of the molecule is CC(=O)Nc1cc(S(=O)(=O)F)ccc1F. The summed E-state index contributed by atoms with van der Waals surface area (Å²) in [5, 5.41) is 2.04. The van der Waals surface area contributed by atoms with Gasteiger partial charge in [0.15, 0.2) is 0 Å². The number of carbonyl (C=O) groups excluding carboxylic acids is 1. The van der Waals surface area contributed by atoms with E-state index in [2.05, 4.69) is 0 Å². The third-order valence-electron chi connectivity index (χ3n) is 1.53. The molecule has 1 aromatic rings. The van der Waals surface area contributed by atoms with Crippen molar-refractivity contribution < 1.29 is 21.5 Å². The Labute approximate surface area is 85.1 Å². The molecule has 7 heteroatoms. The Balaban J connectivity index is 3.23. The number of nitrogens with one attached hydrogen (secondary N) is 1. The average Bonchev–Trinajstić information content (AvgIpc) is 2.06. The Morgan fingerprint density at radius 1 is 1.40 bits per heavy atom. The Morgan fingerprint density at radius 3 is 2.47 bits per heavy atom. The highest BCUT2D eigenvalue weighted by Gasteiger charge is 2.14. The number of anilines is 1. The molecule has 0 aliphatic carbocycles. The van der Waals surface area contributed by atoms with Crippen molar-refractivity contribution in [3.05, 3.63) is 24.0 Å². The van der Waals surface area contributed by atoms with Crippen LogP contribution in [0.2, 0.25) is 0 Å². The fraction of sp³-hybridized carbons (Fsp3) is 0.125. The maximum Gasteiger partial charge on any atom is 0.332 e. The molecule has 0 radical (unpaired) electrons. The van der Waals surface area contributed by atoms with Crippen LogP contribution in [0.5, 0.6) is 0 Å². The Kier molecular flexibility index (Phi) is 3.04. The number of halogens is 2. The van der Waals surface area contributed by atoms with Gasteiger partial charge in [-0.1, -0.05) is 0 Å². The van der Waals surface area contributed by atoms with Gasteiger partial charge in [0.05, 0.1) is 5.69 Å². The third kappa shape index (κ3) is 2.98. The molecule has 0 bridgehead atoms. The van der Waals surface area contributed by atoms with Crippen molar-refractivity contribution in [3.8, 4) is 0 Å². The summed E-state index contributed by atoms with van der Waals surface area (Å²) in [6.45, 7) is 1.12. The van der Waals surface area contributed by atoms with E-state index in [-0.39, 0.29) is 5.69 Å². The zero-order valence-corrected chi connectivity index (χ0v) is 8.44. The predicted octanol–water partition coefficient (Wildman–Crippen LogP) is 1.44. The van der Waals surface area contributed by atoms with Crippen LogP contribution in [0, 0.1) is 5.82 Å². The summed E-state index contributed by atoms with van der Waals surface area (Å²) in [7, 11) is -4.90. The van der Waals surface area contributed by atoms with E-state index in [9.17, 15) is 21.5 Å². The highest BCUT2D eigenvalue weighted by atomic mass is 32.3. The number of carbonyl (C=O) groups is 1. The van der Waals surface area contributed by atoms with Gasteiger partial charge in [0.1, 0.15) is 10.7 Å². The molecule has 1 amide bonds. The van der Waals surface area contributed by atoms with Crippen molar-refractivity contribution in [1.82, 2.24) is 0 Å². The number of amides is 1. The molecule has 1 N–H and O–H groups in total. The van der Waals surface area contributed by atoms with E-state index in [1.165, 1.54) is 0 Å². The summed E-state index contributed by atoms with van der Waals surface area (Å²) in [6, 6.07) is 2.25. The lowest BCUT2D eigenvalue weighted by molar-refractivity contribution is -0.114. The van der Waals surface area contributed by atoms with Gasteiger partial charge in [-0.3, -0.25) is 4.79 Å². The van der Waals surface area contributed by atoms with Crippen molar-refractivity contribution >= 4 is 21.8 Å². The molecule has 0 heterocycles. The van der Waals surface area contributed by atoms with Crippen LogP contribution in [0.15, 0.2) is 23.1 Å². The molecule has 0 spiro atoms. The second-order valence-corrected chi connectivity index (χ2v) is 4.11. The summed E-state index contributed by atoms with van der Waals surface area (Å²) in [5.74, 6) is -1.42. The fourth-order valence-electron chi connectivity index (χ4n) is 0.941. The van der Waals surface area contributed by atoms with E-state index in [1.54, 1.807) is 0 Å². The molecule has 1 aromatic carbocycles. The summed E-state index contributed by atoms with van der Waals surface area (Å²) in [4.78, 5) is 9.90. The van der Waals surface area contributed by atoms with Gasteiger partial charge in [-0.15, -0.1) is 3.89 Å². The first-order valence-corrected chi connectivity index (χ1v) is 5.21. The molecular weight excluding hydrogens is 228 g/mol. The summed E-state index contributed by atoms with van der Waals surface area (Å²) in [6.07, 6.45) is 0. The predicted molar refractivity (Wildman–Crippen MR) is 49.0 cm³/mol. The van der Waals surface area contributed by atoms with Gasteiger partial charge in [-0.25, -0.2) is 4.39 Å². The first kappa shape index (κ1) is 11.6. The molecule has 0 aliphatic heterocycles. The second kappa shape index (κ2) is 3.93. The third-order valence-corrected chi connectivity index (χ3v) is 2.35. The van der Waals surface area contributed by atoms with Crippen molar-refractivity contribution in [2.45, 2.75) is 11.8 Å². The Morgan fingerprint density at radius 2 is 2.00 bits per heavy atom. The highest BCUT2D eigenvalue weighted by molar-refractivity contribution is 7.86. The van der Waals surface area contributed by atoms with Gasteiger partial charge in [0, 0.05) is 6.92 Å². The van der Waals surface area contributed by atoms with E-state index in [4.69, 9.17) is 0 Å². The van der Waals surface area contributed by atoms with Gasteiger partial charge < -0.3 is 5.32 Å². The topological polar surface area (TPSA) is 63.2 Å². The van der Waals surface area contributed by atoms with Gasteiger partial charge >= 0.3 is 10.2 Å². The van der Waals surface area contributed by atoms with Crippen molar-refractivity contribution in [2.75, 3.05) is 5.32 Å². The van der Waals surface area contributed by atoms with E-state index in [0.717, 1.165) is 19.1 Å². The molecule has 1 rings (SSSR count). The van der Waals surface area contributed by atoms with Crippen LogP contribution in [0.25, 0.3) is 0 Å². The minimum atomic E-state index is -4.90. The van der Waals surface area contributed by atoms with E-state index < -0.39 is 26.8 Å². The summed E-state index contributed by atoms with van der Waals surface area (Å²) in [5.41, 5.74) is -0.374. The quantitative estimate of drug-likeness (QED) is 0.789. The van der Waals surface area contributed by atoms with Gasteiger partial charge in [0.2, 0.25) is 5.91 Å². The molecule has 0 unspecified atom stereocenters. The highest BCUT2D eigenvalue weighted by Crippen LogP contribution is 2.20. The molecule has 0 aliphatic rings. The molecule has 0 saturated carbocycles. The number of hydrogen-bond acceptors (Lipinski definition) is 3. The zero-order valence-electron chi connectivity index (χ0n) is 7.62. The first-order valence-electron chi connectivity index (χ1n) is 3.82. The van der Waals surface area contributed by atoms with Crippen molar-refractivity contribution in [1.29, 1.82) is 0 Å².